The Morgan fingerprint density at radius 3 is 2.44 bits per heavy atom. The number of halogens is 1. The van der Waals surface area contributed by atoms with Crippen molar-refractivity contribution in [1.82, 2.24) is 9.78 Å². The van der Waals surface area contributed by atoms with Crippen LogP contribution < -0.4 is 0 Å². The lowest BCUT2D eigenvalue weighted by Crippen LogP contribution is -2.16. The van der Waals surface area contributed by atoms with Crippen LogP contribution in [0.4, 0.5) is 0 Å². The molecule has 1 atom stereocenters. The van der Waals surface area contributed by atoms with Gasteiger partial charge in [-0.15, -0.1) is 0 Å². The maximum Gasteiger partial charge on any atom is 0.0900 e. The predicted molar refractivity (Wildman–Crippen MR) is 69.4 cm³/mol. The monoisotopic (exact) mass is 288 g/mol. The molecule has 0 bridgehead atoms. The number of aryl methyl sites for hydroxylation is 2. The Labute approximate surface area is 106 Å². The third-order valence-electron chi connectivity index (χ3n) is 2.92. The Morgan fingerprint density at radius 2 is 2.00 bits per heavy atom. The maximum atomic E-state index is 5.82. The van der Waals surface area contributed by atoms with Gasteiger partial charge in [0.2, 0.25) is 0 Å². The molecule has 16 heavy (non-hydrogen) atoms. The second kappa shape index (κ2) is 5.82. The van der Waals surface area contributed by atoms with Crippen molar-refractivity contribution in [2.75, 3.05) is 0 Å². The van der Waals surface area contributed by atoms with E-state index in [9.17, 15) is 0 Å². The van der Waals surface area contributed by atoms with E-state index in [4.69, 9.17) is 4.74 Å². The average molecular weight is 289 g/mol. The third-order valence-corrected chi connectivity index (χ3v) is 3.84. The summed E-state index contributed by atoms with van der Waals surface area (Å²) in [7, 11) is 1.96. The minimum absolute atomic E-state index is 0.270. The number of ether oxygens (including phenoxy) is 1. The smallest absolute Gasteiger partial charge is 0.0900 e. The molecule has 0 aliphatic rings. The van der Waals surface area contributed by atoms with Gasteiger partial charge >= 0.3 is 0 Å². The van der Waals surface area contributed by atoms with E-state index in [1.54, 1.807) is 0 Å². The van der Waals surface area contributed by atoms with Gasteiger partial charge in [0, 0.05) is 7.05 Å². The lowest BCUT2D eigenvalue weighted by molar-refractivity contribution is 0.0201. The number of hydrogen-bond donors (Lipinski definition) is 0. The minimum Gasteiger partial charge on any atom is -0.372 e. The van der Waals surface area contributed by atoms with E-state index in [-0.39, 0.29) is 6.10 Å². The Balaban J connectivity index is 2.70. The maximum absolute atomic E-state index is 5.82. The number of aromatic nitrogens is 2. The van der Waals surface area contributed by atoms with Crippen LogP contribution in [0.2, 0.25) is 0 Å². The molecule has 0 aliphatic heterocycles. The summed E-state index contributed by atoms with van der Waals surface area (Å²) in [4.78, 5) is 0. The van der Waals surface area contributed by atoms with Crippen LogP contribution in [-0.4, -0.2) is 15.9 Å². The SMILES string of the molecule is CCc1nn(C)c(COC(C)C(C)C)c1Br. The van der Waals surface area contributed by atoms with Crippen molar-refractivity contribution < 1.29 is 4.74 Å². The van der Waals surface area contributed by atoms with Gasteiger partial charge in [0.15, 0.2) is 0 Å². The molecule has 0 aliphatic carbocycles. The molecule has 3 nitrogen and oxygen atoms in total. The van der Waals surface area contributed by atoms with Gasteiger partial charge in [-0.1, -0.05) is 20.8 Å². The van der Waals surface area contributed by atoms with Gasteiger partial charge in [-0.05, 0) is 35.2 Å². The first-order chi connectivity index (χ1) is 7.47. The van der Waals surface area contributed by atoms with Crippen LogP contribution >= 0.6 is 15.9 Å². The van der Waals surface area contributed by atoms with Crippen LogP contribution in [0.15, 0.2) is 4.47 Å². The normalized spacial score (nSPS) is 13.4. The van der Waals surface area contributed by atoms with Gasteiger partial charge in [0.1, 0.15) is 0 Å². The van der Waals surface area contributed by atoms with Gasteiger partial charge < -0.3 is 4.74 Å². The Hall–Kier alpha value is -0.350. The predicted octanol–water partition coefficient (Wildman–Crippen LogP) is 3.31. The fourth-order valence-electron chi connectivity index (χ4n) is 1.38. The van der Waals surface area contributed by atoms with Crippen molar-refractivity contribution >= 4 is 15.9 Å². The van der Waals surface area contributed by atoms with Crippen molar-refractivity contribution in [2.45, 2.75) is 46.8 Å². The van der Waals surface area contributed by atoms with Crippen LogP contribution in [0.3, 0.4) is 0 Å². The van der Waals surface area contributed by atoms with Crippen LogP contribution in [0, 0.1) is 5.92 Å². The molecule has 92 valence electrons. The lowest BCUT2D eigenvalue weighted by Gasteiger charge is -2.16. The van der Waals surface area contributed by atoms with Gasteiger partial charge in [-0.3, -0.25) is 4.68 Å². The minimum atomic E-state index is 0.270. The highest BCUT2D eigenvalue weighted by Crippen LogP contribution is 2.23. The molecule has 1 aromatic rings. The first-order valence-corrected chi connectivity index (χ1v) is 6.58. The standard InChI is InChI=1S/C12H21BrN2O/c1-6-10-12(13)11(15(5)14-10)7-16-9(4)8(2)3/h8-9H,6-7H2,1-5H3. The lowest BCUT2D eigenvalue weighted by atomic mass is 10.1. The molecule has 1 aromatic heterocycles. The topological polar surface area (TPSA) is 27.1 Å². The summed E-state index contributed by atoms with van der Waals surface area (Å²) in [6.45, 7) is 9.16. The molecule has 0 N–H and O–H groups in total. The van der Waals surface area contributed by atoms with Crippen LogP contribution in [0.5, 0.6) is 0 Å². The summed E-state index contributed by atoms with van der Waals surface area (Å²) >= 11 is 3.59. The van der Waals surface area contributed by atoms with E-state index in [2.05, 4.69) is 48.7 Å². The number of hydrogen-bond acceptors (Lipinski definition) is 2. The molecule has 0 saturated heterocycles. The van der Waals surface area contributed by atoms with Gasteiger partial charge in [0.05, 0.1) is 28.6 Å². The second-order valence-corrected chi connectivity index (χ2v) is 5.24. The zero-order valence-electron chi connectivity index (χ0n) is 10.7. The Bertz CT molecular complexity index is 347. The zero-order valence-corrected chi connectivity index (χ0v) is 12.3. The van der Waals surface area contributed by atoms with E-state index in [1.807, 2.05) is 11.7 Å². The summed E-state index contributed by atoms with van der Waals surface area (Å²) < 4.78 is 8.81. The first-order valence-electron chi connectivity index (χ1n) is 5.79. The van der Waals surface area contributed by atoms with Gasteiger partial charge in [-0.25, -0.2) is 0 Å². The van der Waals surface area contributed by atoms with Gasteiger partial charge in [-0.2, -0.15) is 5.10 Å². The highest BCUT2D eigenvalue weighted by molar-refractivity contribution is 9.10. The van der Waals surface area contributed by atoms with Crippen LogP contribution in [0.25, 0.3) is 0 Å². The summed E-state index contributed by atoms with van der Waals surface area (Å²) in [6.07, 6.45) is 1.21. The first kappa shape index (κ1) is 13.7. The molecule has 0 radical (unpaired) electrons. The molecule has 0 fully saturated rings. The Kier molecular flexibility index (Phi) is 4.99. The molecular weight excluding hydrogens is 268 g/mol. The van der Waals surface area contributed by atoms with Crippen molar-refractivity contribution in [3.05, 3.63) is 15.9 Å². The van der Waals surface area contributed by atoms with Crippen LogP contribution in [-0.2, 0) is 24.8 Å². The van der Waals surface area contributed by atoms with Gasteiger partial charge in [0.25, 0.3) is 0 Å². The van der Waals surface area contributed by atoms with Crippen molar-refractivity contribution in [1.29, 1.82) is 0 Å². The molecule has 1 unspecified atom stereocenters. The van der Waals surface area contributed by atoms with Crippen molar-refractivity contribution in [2.24, 2.45) is 13.0 Å². The summed E-state index contributed by atoms with van der Waals surface area (Å²) in [5.41, 5.74) is 2.21. The van der Waals surface area contributed by atoms with E-state index in [0.29, 0.717) is 12.5 Å². The summed E-state index contributed by atoms with van der Waals surface area (Å²) in [5.74, 6) is 0.539. The van der Waals surface area contributed by atoms with Crippen LogP contribution in [0.1, 0.15) is 39.1 Å². The summed E-state index contributed by atoms with van der Waals surface area (Å²) in [5, 5.41) is 4.44. The fourth-order valence-corrected chi connectivity index (χ4v) is 2.11. The summed E-state index contributed by atoms with van der Waals surface area (Å²) in [6, 6.07) is 0. The molecule has 0 spiro atoms. The molecule has 1 rings (SSSR count). The van der Waals surface area contributed by atoms with E-state index in [1.165, 1.54) is 0 Å². The quantitative estimate of drug-likeness (QED) is 0.831. The average Bonchev–Trinajstić information content (AvgIpc) is 2.51. The molecule has 1 heterocycles. The Morgan fingerprint density at radius 1 is 1.38 bits per heavy atom. The zero-order chi connectivity index (χ0) is 12.3. The highest BCUT2D eigenvalue weighted by Gasteiger charge is 2.14. The largest absolute Gasteiger partial charge is 0.372 e. The fraction of sp³-hybridized carbons (Fsp3) is 0.750. The van der Waals surface area contributed by atoms with E-state index in [0.717, 1.165) is 22.3 Å². The molecule has 0 amide bonds. The molecule has 0 saturated carbocycles. The molecule has 4 heteroatoms. The van der Waals surface area contributed by atoms with E-state index < -0.39 is 0 Å². The third kappa shape index (κ3) is 3.08. The van der Waals surface area contributed by atoms with Crippen molar-refractivity contribution in [3.63, 3.8) is 0 Å². The highest BCUT2D eigenvalue weighted by atomic mass is 79.9. The number of rotatable bonds is 5. The van der Waals surface area contributed by atoms with Crippen molar-refractivity contribution in [3.8, 4) is 0 Å². The molecular formula is C12H21BrN2O. The van der Waals surface area contributed by atoms with E-state index >= 15 is 0 Å². The number of nitrogens with zero attached hydrogens (tertiary/aromatic N) is 2. The second-order valence-electron chi connectivity index (χ2n) is 4.44. The molecule has 0 aromatic carbocycles.